The first-order chi connectivity index (χ1) is 9.53. The number of hydrogen-bond acceptors (Lipinski definition) is 3. The number of rotatable bonds is 5. The lowest BCUT2D eigenvalue weighted by Gasteiger charge is -2.21. The highest BCUT2D eigenvalue weighted by atomic mass is 16.2. The second-order valence-electron chi connectivity index (χ2n) is 5.08. The molecule has 0 aliphatic heterocycles. The largest absolute Gasteiger partial charge is 0.350 e. The summed E-state index contributed by atoms with van der Waals surface area (Å²) in [7, 11) is 0. The molecule has 2 aromatic rings. The summed E-state index contributed by atoms with van der Waals surface area (Å²) in [6.45, 7) is 4.06. The Hall–Kier alpha value is -2.14. The van der Waals surface area contributed by atoms with Crippen LogP contribution in [0.1, 0.15) is 25.8 Å². The molecular weight excluding hydrogens is 252 g/mol. The van der Waals surface area contributed by atoms with Crippen LogP contribution in [-0.2, 0) is 11.3 Å². The van der Waals surface area contributed by atoms with Crippen molar-refractivity contribution in [3.05, 3.63) is 48.3 Å². The average Bonchev–Trinajstić information content (AvgIpc) is 2.94. The van der Waals surface area contributed by atoms with Crippen molar-refractivity contribution in [3.8, 4) is 5.69 Å². The number of nitrogens with two attached hydrogens (primary N) is 1. The van der Waals surface area contributed by atoms with Crippen molar-refractivity contribution < 1.29 is 4.79 Å². The van der Waals surface area contributed by atoms with Crippen LogP contribution in [-0.4, -0.2) is 21.2 Å². The zero-order valence-corrected chi connectivity index (χ0v) is 11.8. The van der Waals surface area contributed by atoms with Gasteiger partial charge >= 0.3 is 0 Å². The molecule has 0 spiro atoms. The minimum absolute atomic E-state index is 0.146. The van der Waals surface area contributed by atoms with Gasteiger partial charge in [0.25, 0.3) is 0 Å². The third kappa shape index (κ3) is 3.24. The standard InChI is InChI=1S/C15H20N4O/c1-3-15(2,16)14(20)17-9-12-10-18-19(11-12)13-7-5-4-6-8-13/h4-8,10-11H,3,9,16H2,1-2H3,(H,17,20). The molecule has 1 heterocycles. The maximum absolute atomic E-state index is 11.9. The van der Waals surface area contributed by atoms with Crippen LogP contribution in [0.3, 0.4) is 0 Å². The highest BCUT2D eigenvalue weighted by molar-refractivity contribution is 5.85. The van der Waals surface area contributed by atoms with Crippen LogP contribution in [0.2, 0.25) is 0 Å². The second-order valence-corrected chi connectivity index (χ2v) is 5.08. The summed E-state index contributed by atoms with van der Waals surface area (Å²) in [4.78, 5) is 11.9. The van der Waals surface area contributed by atoms with Gasteiger partial charge in [-0.1, -0.05) is 25.1 Å². The Morgan fingerprint density at radius 2 is 2.10 bits per heavy atom. The Balaban J connectivity index is 1.99. The van der Waals surface area contributed by atoms with Gasteiger partial charge in [-0.2, -0.15) is 5.10 Å². The van der Waals surface area contributed by atoms with Gasteiger partial charge in [0.1, 0.15) is 0 Å². The van der Waals surface area contributed by atoms with Crippen LogP contribution in [0.25, 0.3) is 5.69 Å². The molecule has 1 aromatic carbocycles. The summed E-state index contributed by atoms with van der Waals surface area (Å²) in [5.41, 5.74) is 6.99. The van der Waals surface area contributed by atoms with E-state index in [-0.39, 0.29) is 5.91 Å². The molecular formula is C15H20N4O. The first-order valence-electron chi connectivity index (χ1n) is 6.69. The van der Waals surface area contributed by atoms with E-state index in [0.717, 1.165) is 11.3 Å². The zero-order valence-electron chi connectivity index (χ0n) is 11.8. The van der Waals surface area contributed by atoms with Crippen LogP contribution < -0.4 is 11.1 Å². The van der Waals surface area contributed by atoms with Crippen molar-refractivity contribution in [2.75, 3.05) is 0 Å². The number of amides is 1. The van der Waals surface area contributed by atoms with Gasteiger partial charge in [-0.05, 0) is 25.5 Å². The minimum Gasteiger partial charge on any atom is -0.350 e. The van der Waals surface area contributed by atoms with E-state index in [2.05, 4.69) is 10.4 Å². The lowest BCUT2D eigenvalue weighted by atomic mass is 9.99. The van der Waals surface area contributed by atoms with Crippen molar-refractivity contribution in [3.63, 3.8) is 0 Å². The van der Waals surface area contributed by atoms with Gasteiger partial charge in [0.2, 0.25) is 5.91 Å². The van der Waals surface area contributed by atoms with Crippen LogP contribution in [0, 0.1) is 0 Å². The van der Waals surface area contributed by atoms with Gasteiger partial charge in [0.05, 0.1) is 17.4 Å². The van der Waals surface area contributed by atoms with E-state index in [0.29, 0.717) is 13.0 Å². The third-order valence-corrected chi connectivity index (χ3v) is 3.36. The highest BCUT2D eigenvalue weighted by Gasteiger charge is 2.25. The monoisotopic (exact) mass is 272 g/mol. The van der Waals surface area contributed by atoms with Gasteiger partial charge in [-0.15, -0.1) is 0 Å². The molecule has 5 heteroatoms. The highest BCUT2D eigenvalue weighted by Crippen LogP contribution is 2.08. The maximum atomic E-state index is 11.9. The number of hydrogen-bond donors (Lipinski definition) is 2. The van der Waals surface area contributed by atoms with E-state index in [4.69, 9.17) is 5.73 Å². The van der Waals surface area contributed by atoms with Crippen LogP contribution >= 0.6 is 0 Å². The van der Waals surface area contributed by atoms with Gasteiger partial charge < -0.3 is 11.1 Å². The topological polar surface area (TPSA) is 72.9 Å². The molecule has 1 aromatic heterocycles. The number of carbonyl (C=O) groups excluding carboxylic acids is 1. The minimum atomic E-state index is -0.824. The molecule has 0 bridgehead atoms. The van der Waals surface area contributed by atoms with E-state index in [1.807, 2.05) is 43.5 Å². The lowest BCUT2D eigenvalue weighted by Crippen LogP contribution is -2.50. The number of carbonyl (C=O) groups is 1. The molecule has 0 aliphatic rings. The predicted octanol–water partition coefficient (Wildman–Crippen LogP) is 1.62. The molecule has 0 fully saturated rings. The van der Waals surface area contributed by atoms with E-state index in [1.165, 1.54) is 0 Å². The van der Waals surface area contributed by atoms with E-state index in [1.54, 1.807) is 17.8 Å². The summed E-state index contributed by atoms with van der Waals surface area (Å²) in [6, 6.07) is 9.83. The number of para-hydroxylation sites is 1. The first kappa shape index (κ1) is 14.3. The Morgan fingerprint density at radius 3 is 2.75 bits per heavy atom. The number of aromatic nitrogens is 2. The Labute approximate surface area is 118 Å². The molecule has 20 heavy (non-hydrogen) atoms. The molecule has 2 rings (SSSR count). The summed E-state index contributed by atoms with van der Waals surface area (Å²) >= 11 is 0. The molecule has 106 valence electrons. The first-order valence-corrected chi connectivity index (χ1v) is 6.69. The number of nitrogens with one attached hydrogen (secondary N) is 1. The van der Waals surface area contributed by atoms with Crippen LogP contribution in [0.4, 0.5) is 0 Å². The van der Waals surface area contributed by atoms with E-state index in [9.17, 15) is 4.79 Å². The molecule has 5 nitrogen and oxygen atoms in total. The van der Waals surface area contributed by atoms with Gasteiger partial charge in [-0.25, -0.2) is 4.68 Å². The predicted molar refractivity (Wildman–Crippen MR) is 78.3 cm³/mol. The van der Waals surface area contributed by atoms with Crippen molar-refractivity contribution in [2.24, 2.45) is 5.73 Å². The summed E-state index contributed by atoms with van der Waals surface area (Å²) in [6.07, 6.45) is 4.24. The molecule has 0 radical (unpaired) electrons. The Kier molecular flexibility index (Phi) is 4.20. The Morgan fingerprint density at radius 1 is 1.40 bits per heavy atom. The normalized spacial score (nSPS) is 13.8. The second kappa shape index (κ2) is 5.88. The molecule has 1 atom stereocenters. The lowest BCUT2D eigenvalue weighted by molar-refractivity contribution is -0.126. The van der Waals surface area contributed by atoms with E-state index >= 15 is 0 Å². The fraction of sp³-hybridized carbons (Fsp3) is 0.333. The Bertz CT molecular complexity index is 575. The van der Waals surface area contributed by atoms with Crippen molar-refractivity contribution in [2.45, 2.75) is 32.4 Å². The molecule has 0 saturated heterocycles. The summed E-state index contributed by atoms with van der Waals surface area (Å²) in [5, 5.41) is 7.12. The number of benzene rings is 1. The SMILES string of the molecule is CCC(C)(N)C(=O)NCc1cnn(-c2ccccc2)c1. The quantitative estimate of drug-likeness (QED) is 0.868. The summed E-state index contributed by atoms with van der Waals surface area (Å²) < 4.78 is 1.78. The fourth-order valence-electron chi connectivity index (χ4n) is 1.72. The van der Waals surface area contributed by atoms with Gasteiger partial charge in [0, 0.05) is 18.3 Å². The average molecular weight is 272 g/mol. The van der Waals surface area contributed by atoms with Crippen molar-refractivity contribution >= 4 is 5.91 Å². The van der Waals surface area contributed by atoms with E-state index < -0.39 is 5.54 Å². The van der Waals surface area contributed by atoms with Crippen LogP contribution in [0.15, 0.2) is 42.7 Å². The van der Waals surface area contributed by atoms with Crippen molar-refractivity contribution in [1.82, 2.24) is 15.1 Å². The van der Waals surface area contributed by atoms with Gasteiger partial charge in [0.15, 0.2) is 0 Å². The van der Waals surface area contributed by atoms with Crippen molar-refractivity contribution in [1.29, 1.82) is 0 Å². The molecule has 0 saturated carbocycles. The molecule has 3 N–H and O–H groups in total. The molecule has 1 unspecified atom stereocenters. The fourth-order valence-corrected chi connectivity index (χ4v) is 1.72. The smallest absolute Gasteiger partial charge is 0.240 e. The van der Waals surface area contributed by atoms with Crippen LogP contribution in [0.5, 0.6) is 0 Å². The third-order valence-electron chi connectivity index (χ3n) is 3.36. The maximum Gasteiger partial charge on any atom is 0.240 e. The summed E-state index contributed by atoms with van der Waals surface area (Å²) in [5.74, 6) is -0.146. The van der Waals surface area contributed by atoms with Gasteiger partial charge in [-0.3, -0.25) is 4.79 Å². The number of nitrogens with zero attached hydrogens (tertiary/aromatic N) is 2. The molecule has 0 aliphatic carbocycles. The zero-order chi connectivity index (χ0) is 14.6. The molecule has 1 amide bonds.